The first-order chi connectivity index (χ1) is 13.7. The Bertz CT molecular complexity index is 824. The highest BCUT2D eigenvalue weighted by Gasteiger charge is 2.32. The number of rotatable bonds is 13. The van der Waals surface area contributed by atoms with Crippen LogP contribution >= 0.6 is 19.3 Å². The van der Waals surface area contributed by atoms with Crippen molar-refractivity contribution in [1.82, 2.24) is 4.67 Å². The number of unbranched alkanes of at least 4 members (excludes halogenated alkanes) is 1. The Hall–Kier alpha value is -2.24. The standard InChI is InChI=1S/C15H19ClN3O9P/c1-17(9-3-2-8-16)29(24,25-10-12-4-6-14(27-12)18(20)21)26-11-13-5-7-15(28-13)19(22)23/h4-7H,2-3,8-11H2,1H3. The second-order valence-corrected chi connectivity index (χ2v) is 8.30. The van der Waals surface area contributed by atoms with E-state index in [0.29, 0.717) is 25.3 Å². The Kier molecular flexibility index (Phi) is 8.35. The summed E-state index contributed by atoms with van der Waals surface area (Å²) in [6.07, 6.45) is 1.30. The average Bonchev–Trinajstić information content (AvgIpc) is 3.34. The quantitative estimate of drug-likeness (QED) is 0.140. The molecule has 0 radical (unpaired) electrons. The van der Waals surface area contributed by atoms with E-state index in [-0.39, 0.29) is 24.7 Å². The molecular formula is C15H19ClN3O9P. The maximum atomic E-state index is 13.2. The van der Waals surface area contributed by atoms with Gasteiger partial charge in [0.15, 0.2) is 0 Å². The molecule has 0 fully saturated rings. The minimum atomic E-state index is -3.88. The van der Waals surface area contributed by atoms with Crippen molar-refractivity contribution in [3.8, 4) is 0 Å². The third-order valence-electron chi connectivity index (χ3n) is 3.68. The Morgan fingerprint density at radius 2 is 1.48 bits per heavy atom. The molecule has 2 aromatic heterocycles. The molecular weight excluding hydrogens is 433 g/mol. The third kappa shape index (κ3) is 6.65. The van der Waals surface area contributed by atoms with Crippen molar-refractivity contribution < 1.29 is 32.3 Å². The maximum absolute atomic E-state index is 13.2. The number of nitro groups is 2. The fourth-order valence-corrected chi connectivity index (χ4v) is 3.79. The van der Waals surface area contributed by atoms with Crippen LogP contribution in [-0.2, 0) is 26.8 Å². The van der Waals surface area contributed by atoms with E-state index in [1.807, 2.05) is 0 Å². The van der Waals surface area contributed by atoms with Gasteiger partial charge in [0.1, 0.15) is 34.6 Å². The molecule has 0 aromatic carbocycles. The molecule has 0 bridgehead atoms. The van der Waals surface area contributed by atoms with Gasteiger partial charge in [-0.15, -0.1) is 11.6 Å². The molecule has 0 spiro atoms. The molecule has 0 aliphatic rings. The first kappa shape index (κ1) is 23.0. The molecule has 0 amide bonds. The maximum Gasteiger partial charge on any atom is 0.433 e. The predicted octanol–water partition coefficient (Wildman–Crippen LogP) is 4.48. The first-order valence-corrected chi connectivity index (χ1v) is 10.4. The van der Waals surface area contributed by atoms with Crippen LogP contribution in [0.25, 0.3) is 0 Å². The number of alkyl halides is 1. The van der Waals surface area contributed by atoms with Crippen LogP contribution in [-0.4, -0.2) is 34.0 Å². The van der Waals surface area contributed by atoms with Crippen LogP contribution in [0.1, 0.15) is 24.4 Å². The fourth-order valence-electron chi connectivity index (χ4n) is 2.17. The average molecular weight is 452 g/mol. The smallest absolute Gasteiger partial charge is 0.403 e. The predicted molar refractivity (Wildman–Crippen MR) is 100 cm³/mol. The normalized spacial score (nSPS) is 11.8. The number of hydrogen-bond acceptors (Lipinski definition) is 9. The van der Waals surface area contributed by atoms with Gasteiger partial charge < -0.3 is 8.83 Å². The summed E-state index contributed by atoms with van der Waals surface area (Å²) in [4.78, 5) is 20.0. The zero-order chi connectivity index (χ0) is 21.4. The van der Waals surface area contributed by atoms with Gasteiger partial charge in [-0.1, -0.05) is 0 Å². The van der Waals surface area contributed by atoms with Crippen LogP contribution in [0.2, 0.25) is 0 Å². The molecule has 0 aliphatic heterocycles. The van der Waals surface area contributed by atoms with E-state index >= 15 is 0 Å². The minimum absolute atomic E-state index is 0.0864. The minimum Gasteiger partial charge on any atom is -0.403 e. The van der Waals surface area contributed by atoms with Crippen molar-refractivity contribution in [2.24, 2.45) is 0 Å². The Labute approximate surface area is 170 Å². The van der Waals surface area contributed by atoms with E-state index in [4.69, 9.17) is 29.5 Å². The van der Waals surface area contributed by atoms with Crippen molar-refractivity contribution in [3.63, 3.8) is 0 Å². The lowest BCUT2D eigenvalue weighted by atomic mass is 10.3. The highest BCUT2D eigenvalue weighted by molar-refractivity contribution is 7.51. The molecule has 0 atom stereocenters. The number of furan rings is 2. The highest BCUT2D eigenvalue weighted by atomic mass is 35.5. The second-order valence-electron chi connectivity index (χ2n) is 5.79. The van der Waals surface area contributed by atoms with Gasteiger partial charge in [0.05, 0.1) is 12.1 Å². The summed E-state index contributed by atoms with van der Waals surface area (Å²) >= 11 is 5.65. The van der Waals surface area contributed by atoms with Gasteiger partial charge in [-0.25, -0.2) is 9.24 Å². The summed E-state index contributed by atoms with van der Waals surface area (Å²) in [5, 5.41) is 21.4. The molecule has 0 aliphatic carbocycles. The van der Waals surface area contributed by atoms with Crippen molar-refractivity contribution in [2.75, 3.05) is 19.5 Å². The third-order valence-corrected chi connectivity index (χ3v) is 5.89. The van der Waals surface area contributed by atoms with Gasteiger partial charge in [-0.3, -0.25) is 29.3 Å². The van der Waals surface area contributed by atoms with E-state index in [0.717, 1.165) is 12.1 Å². The van der Waals surface area contributed by atoms with Gasteiger partial charge in [-0.05, 0) is 32.0 Å². The summed E-state index contributed by atoms with van der Waals surface area (Å²) in [5.41, 5.74) is 0. The Balaban J connectivity index is 2.07. The van der Waals surface area contributed by atoms with Crippen molar-refractivity contribution >= 4 is 31.1 Å². The number of halogens is 1. The summed E-state index contributed by atoms with van der Waals surface area (Å²) < 4.78 is 35.4. The van der Waals surface area contributed by atoms with Crippen LogP contribution < -0.4 is 0 Å². The molecule has 0 saturated heterocycles. The van der Waals surface area contributed by atoms with E-state index in [9.17, 15) is 24.8 Å². The largest absolute Gasteiger partial charge is 0.433 e. The van der Waals surface area contributed by atoms with Gasteiger partial charge in [-0.2, -0.15) is 0 Å². The van der Waals surface area contributed by atoms with Crippen LogP contribution in [0.3, 0.4) is 0 Å². The molecule has 0 N–H and O–H groups in total. The fraction of sp³-hybridized carbons (Fsp3) is 0.467. The van der Waals surface area contributed by atoms with Gasteiger partial charge in [0.2, 0.25) is 0 Å². The number of nitrogens with zero attached hydrogens (tertiary/aromatic N) is 3. The lowest BCUT2D eigenvalue weighted by molar-refractivity contribution is -0.402. The van der Waals surface area contributed by atoms with Crippen LogP contribution in [0.5, 0.6) is 0 Å². The first-order valence-electron chi connectivity index (χ1n) is 8.38. The van der Waals surface area contributed by atoms with Crippen molar-refractivity contribution in [1.29, 1.82) is 0 Å². The van der Waals surface area contributed by atoms with E-state index in [1.165, 1.54) is 23.9 Å². The molecule has 14 heteroatoms. The number of hydrogen-bond donors (Lipinski definition) is 0. The Morgan fingerprint density at radius 1 is 1.00 bits per heavy atom. The highest BCUT2D eigenvalue weighted by Crippen LogP contribution is 2.52. The Morgan fingerprint density at radius 3 is 1.86 bits per heavy atom. The summed E-state index contributed by atoms with van der Waals surface area (Å²) in [6.45, 7) is -0.354. The van der Waals surface area contributed by atoms with E-state index in [2.05, 4.69) is 0 Å². The summed E-state index contributed by atoms with van der Waals surface area (Å²) in [5.74, 6) is -0.339. The van der Waals surface area contributed by atoms with Crippen LogP contribution in [0.15, 0.2) is 33.1 Å². The van der Waals surface area contributed by atoms with Gasteiger partial charge in [0, 0.05) is 12.4 Å². The molecule has 0 saturated carbocycles. The SMILES string of the molecule is CN(CCCCCl)P(=O)(OCc1ccc([N+](=O)[O-])o1)OCc1ccc([N+](=O)[O-])o1. The zero-order valence-electron chi connectivity index (χ0n) is 15.4. The summed E-state index contributed by atoms with van der Waals surface area (Å²) in [7, 11) is -2.36. The zero-order valence-corrected chi connectivity index (χ0v) is 17.0. The molecule has 2 aromatic rings. The van der Waals surface area contributed by atoms with Crippen molar-refractivity contribution in [3.05, 3.63) is 56.0 Å². The summed E-state index contributed by atoms with van der Waals surface area (Å²) in [6, 6.07) is 4.95. The molecule has 160 valence electrons. The monoisotopic (exact) mass is 451 g/mol. The lowest BCUT2D eigenvalue weighted by Gasteiger charge is -2.26. The second kappa shape index (κ2) is 10.5. The van der Waals surface area contributed by atoms with Crippen molar-refractivity contribution in [2.45, 2.75) is 26.1 Å². The molecule has 2 heterocycles. The topological polar surface area (TPSA) is 151 Å². The molecule has 2 rings (SSSR count). The van der Waals surface area contributed by atoms with Crippen LogP contribution in [0, 0.1) is 20.2 Å². The van der Waals surface area contributed by atoms with E-state index < -0.39 is 29.4 Å². The lowest BCUT2D eigenvalue weighted by Crippen LogP contribution is -2.20. The molecule has 29 heavy (non-hydrogen) atoms. The molecule has 12 nitrogen and oxygen atoms in total. The van der Waals surface area contributed by atoms with E-state index in [1.54, 1.807) is 0 Å². The van der Waals surface area contributed by atoms with Gasteiger partial charge >= 0.3 is 19.5 Å². The van der Waals surface area contributed by atoms with Crippen LogP contribution in [0.4, 0.5) is 11.8 Å². The van der Waals surface area contributed by atoms with Gasteiger partial charge in [0.25, 0.3) is 0 Å². The molecule has 0 unspecified atom stereocenters.